The van der Waals surface area contributed by atoms with Crippen LogP contribution in [0.15, 0.2) is 12.4 Å². The minimum atomic E-state index is -0.274. The first-order valence-corrected chi connectivity index (χ1v) is 5.52. The van der Waals surface area contributed by atoms with Gasteiger partial charge in [-0.3, -0.25) is 4.79 Å². The van der Waals surface area contributed by atoms with Gasteiger partial charge < -0.3 is 15.0 Å². The molecular formula is C11H16N4O2. The summed E-state index contributed by atoms with van der Waals surface area (Å²) in [6.45, 7) is 3.87. The minimum Gasteiger partial charge on any atom is -0.467 e. The Balaban J connectivity index is 2.15. The van der Waals surface area contributed by atoms with Gasteiger partial charge in [0.2, 0.25) is 6.41 Å². The Bertz CT molecular complexity index is 412. The second-order valence-electron chi connectivity index (χ2n) is 4.51. The number of hydrogen-bond acceptors (Lipinski definition) is 5. The lowest BCUT2D eigenvalue weighted by Gasteiger charge is -2.25. The summed E-state index contributed by atoms with van der Waals surface area (Å²) in [6, 6.07) is 0. The molecule has 0 bridgehead atoms. The molecule has 1 aliphatic heterocycles. The predicted molar refractivity (Wildman–Crippen MR) is 62.9 cm³/mol. The van der Waals surface area contributed by atoms with E-state index < -0.39 is 0 Å². The summed E-state index contributed by atoms with van der Waals surface area (Å²) in [5.41, 5.74) is -0.274. The Hall–Kier alpha value is -1.69. The number of likely N-dealkylation sites (N-methyl/N-ethyl adjacent to an activating group) is 1. The van der Waals surface area contributed by atoms with E-state index in [2.05, 4.69) is 27.2 Å². The van der Waals surface area contributed by atoms with Gasteiger partial charge in [0.25, 0.3) is 5.88 Å². The quantitative estimate of drug-likeness (QED) is 0.772. The van der Waals surface area contributed by atoms with Crippen LogP contribution in [-0.4, -0.2) is 47.0 Å². The van der Waals surface area contributed by atoms with Gasteiger partial charge in [-0.2, -0.15) is 0 Å². The first-order valence-electron chi connectivity index (χ1n) is 5.52. The van der Waals surface area contributed by atoms with E-state index in [1.54, 1.807) is 6.20 Å². The lowest BCUT2D eigenvalue weighted by atomic mass is 10.1. The summed E-state index contributed by atoms with van der Waals surface area (Å²) in [4.78, 5) is 20.8. The number of aromatic nitrogens is 2. The molecule has 92 valence electrons. The number of amides is 1. The highest BCUT2D eigenvalue weighted by Gasteiger charge is 2.35. The number of carbonyl (C=O) groups is 1. The molecule has 1 atom stereocenters. The maximum atomic E-state index is 10.5. The fourth-order valence-corrected chi connectivity index (χ4v) is 2.03. The Labute approximate surface area is 100 Å². The number of carbonyl (C=O) groups excluding carboxylic acids is 1. The van der Waals surface area contributed by atoms with Crippen LogP contribution in [0.1, 0.15) is 13.3 Å². The van der Waals surface area contributed by atoms with Crippen molar-refractivity contribution < 1.29 is 9.53 Å². The van der Waals surface area contributed by atoms with Crippen molar-refractivity contribution in [2.75, 3.05) is 25.5 Å². The first kappa shape index (κ1) is 11.8. The van der Waals surface area contributed by atoms with Gasteiger partial charge in [0.1, 0.15) is 5.60 Å². The van der Waals surface area contributed by atoms with Crippen molar-refractivity contribution in [2.24, 2.45) is 0 Å². The zero-order chi connectivity index (χ0) is 12.3. The Kier molecular flexibility index (Phi) is 3.23. The van der Waals surface area contributed by atoms with Crippen LogP contribution in [0.3, 0.4) is 0 Å². The number of likely N-dealkylation sites (tertiary alicyclic amines) is 1. The molecule has 6 heteroatoms. The molecule has 2 rings (SSSR count). The highest BCUT2D eigenvalue weighted by Crippen LogP contribution is 2.28. The van der Waals surface area contributed by atoms with Crippen LogP contribution in [0, 0.1) is 0 Å². The van der Waals surface area contributed by atoms with Crippen molar-refractivity contribution >= 4 is 12.2 Å². The van der Waals surface area contributed by atoms with Crippen molar-refractivity contribution in [2.45, 2.75) is 18.9 Å². The molecule has 0 spiro atoms. The van der Waals surface area contributed by atoms with Crippen LogP contribution in [0.25, 0.3) is 0 Å². The van der Waals surface area contributed by atoms with Gasteiger partial charge in [0.15, 0.2) is 5.82 Å². The SMILES string of the molecule is CN1CCC(C)(Oc2nccnc2NC=O)C1. The van der Waals surface area contributed by atoms with Gasteiger partial charge in [-0.1, -0.05) is 0 Å². The van der Waals surface area contributed by atoms with Crippen LogP contribution in [0.2, 0.25) is 0 Å². The summed E-state index contributed by atoms with van der Waals surface area (Å²) < 4.78 is 5.88. The molecule has 1 fully saturated rings. The average molecular weight is 236 g/mol. The van der Waals surface area contributed by atoms with E-state index in [9.17, 15) is 4.79 Å². The number of nitrogens with one attached hydrogen (secondary N) is 1. The summed E-state index contributed by atoms with van der Waals surface area (Å²) >= 11 is 0. The fourth-order valence-electron chi connectivity index (χ4n) is 2.03. The van der Waals surface area contributed by atoms with E-state index in [1.165, 1.54) is 6.20 Å². The van der Waals surface area contributed by atoms with E-state index in [4.69, 9.17) is 4.74 Å². The monoisotopic (exact) mass is 236 g/mol. The molecule has 0 saturated carbocycles. The topological polar surface area (TPSA) is 67.3 Å². The third-order valence-corrected chi connectivity index (χ3v) is 2.83. The molecule has 0 radical (unpaired) electrons. The zero-order valence-electron chi connectivity index (χ0n) is 10.0. The highest BCUT2D eigenvalue weighted by atomic mass is 16.5. The number of ether oxygens (including phenoxy) is 1. The van der Waals surface area contributed by atoms with E-state index >= 15 is 0 Å². The van der Waals surface area contributed by atoms with E-state index in [1.807, 2.05) is 6.92 Å². The second kappa shape index (κ2) is 4.67. The lowest BCUT2D eigenvalue weighted by Crippen LogP contribution is -2.35. The van der Waals surface area contributed by atoms with Crippen LogP contribution >= 0.6 is 0 Å². The molecule has 6 nitrogen and oxygen atoms in total. The van der Waals surface area contributed by atoms with Crippen LogP contribution in [0.5, 0.6) is 5.88 Å². The molecule has 0 aliphatic carbocycles. The van der Waals surface area contributed by atoms with Crippen molar-refractivity contribution in [1.29, 1.82) is 0 Å². The Morgan fingerprint density at radius 1 is 1.53 bits per heavy atom. The Morgan fingerprint density at radius 3 is 2.94 bits per heavy atom. The normalized spacial score (nSPS) is 24.6. The standard InChI is InChI=1S/C11H16N4O2/c1-11(3-6-15(2)7-11)17-10-9(14-8-16)12-4-5-13-10/h4-5,8H,3,6-7H2,1-2H3,(H,12,14,16). The first-order chi connectivity index (χ1) is 8.13. The van der Waals surface area contributed by atoms with Crippen LogP contribution < -0.4 is 10.1 Å². The molecule has 1 saturated heterocycles. The van der Waals surface area contributed by atoms with Crippen LogP contribution in [-0.2, 0) is 4.79 Å². The molecule has 1 unspecified atom stereocenters. The summed E-state index contributed by atoms with van der Waals surface area (Å²) in [5.74, 6) is 0.732. The van der Waals surface area contributed by atoms with Gasteiger partial charge in [0.05, 0.1) is 0 Å². The largest absolute Gasteiger partial charge is 0.467 e. The van der Waals surface area contributed by atoms with Gasteiger partial charge in [0, 0.05) is 31.9 Å². The lowest BCUT2D eigenvalue weighted by molar-refractivity contribution is -0.105. The Morgan fingerprint density at radius 2 is 2.29 bits per heavy atom. The third kappa shape index (κ3) is 2.71. The molecule has 2 heterocycles. The van der Waals surface area contributed by atoms with Crippen LogP contribution in [0.4, 0.5) is 5.82 Å². The van der Waals surface area contributed by atoms with Gasteiger partial charge >= 0.3 is 0 Å². The number of rotatable bonds is 4. The molecule has 1 N–H and O–H groups in total. The third-order valence-electron chi connectivity index (χ3n) is 2.83. The van der Waals surface area contributed by atoms with Crippen molar-refractivity contribution in [3.63, 3.8) is 0 Å². The van der Waals surface area contributed by atoms with E-state index in [-0.39, 0.29) is 5.60 Å². The smallest absolute Gasteiger partial charge is 0.258 e. The maximum Gasteiger partial charge on any atom is 0.258 e. The van der Waals surface area contributed by atoms with Crippen molar-refractivity contribution in [1.82, 2.24) is 14.9 Å². The van der Waals surface area contributed by atoms with Gasteiger partial charge in [-0.05, 0) is 14.0 Å². The predicted octanol–water partition coefficient (Wildman–Crippen LogP) is 0.518. The summed E-state index contributed by atoms with van der Waals surface area (Å²) in [6.07, 6.45) is 4.57. The fraction of sp³-hybridized carbons (Fsp3) is 0.545. The minimum absolute atomic E-state index is 0.274. The number of anilines is 1. The number of hydrogen-bond donors (Lipinski definition) is 1. The average Bonchev–Trinajstić information content (AvgIpc) is 2.62. The summed E-state index contributed by atoms with van der Waals surface area (Å²) in [7, 11) is 2.05. The second-order valence-corrected chi connectivity index (χ2v) is 4.51. The van der Waals surface area contributed by atoms with Crippen molar-refractivity contribution in [3.05, 3.63) is 12.4 Å². The zero-order valence-corrected chi connectivity index (χ0v) is 10.0. The maximum absolute atomic E-state index is 10.5. The molecule has 17 heavy (non-hydrogen) atoms. The summed E-state index contributed by atoms with van der Waals surface area (Å²) in [5, 5.41) is 2.49. The highest BCUT2D eigenvalue weighted by molar-refractivity contribution is 5.71. The molecule has 1 aromatic heterocycles. The van der Waals surface area contributed by atoms with Gasteiger partial charge in [-0.25, -0.2) is 9.97 Å². The molecular weight excluding hydrogens is 220 g/mol. The molecule has 0 aromatic carbocycles. The molecule has 1 aliphatic rings. The van der Waals surface area contributed by atoms with E-state index in [0.29, 0.717) is 18.1 Å². The number of nitrogens with zero attached hydrogens (tertiary/aromatic N) is 3. The van der Waals surface area contributed by atoms with E-state index in [0.717, 1.165) is 19.5 Å². The van der Waals surface area contributed by atoms with Gasteiger partial charge in [-0.15, -0.1) is 0 Å². The molecule has 1 amide bonds. The molecule has 1 aromatic rings. The van der Waals surface area contributed by atoms with Crippen molar-refractivity contribution in [3.8, 4) is 5.88 Å².